The zero-order valence-electron chi connectivity index (χ0n) is 18.6. The Balaban J connectivity index is 1.33. The molecule has 2 fully saturated rings. The molecule has 5 rings (SSSR count). The van der Waals surface area contributed by atoms with Gasteiger partial charge in [0.1, 0.15) is 12.1 Å². The molecule has 9 heteroatoms. The Morgan fingerprint density at radius 1 is 1.22 bits per heavy atom. The second kappa shape index (κ2) is 8.89. The van der Waals surface area contributed by atoms with Crippen LogP contribution in [0.5, 0.6) is 0 Å². The van der Waals surface area contributed by atoms with Crippen molar-refractivity contribution in [1.82, 2.24) is 19.8 Å². The van der Waals surface area contributed by atoms with E-state index in [1.54, 1.807) is 6.33 Å². The van der Waals surface area contributed by atoms with Crippen LogP contribution in [0.25, 0.3) is 0 Å². The van der Waals surface area contributed by atoms with Gasteiger partial charge in [0.15, 0.2) is 0 Å². The van der Waals surface area contributed by atoms with Gasteiger partial charge in [0.25, 0.3) is 0 Å². The summed E-state index contributed by atoms with van der Waals surface area (Å²) in [6.07, 6.45) is 3.90. The first kappa shape index (κ1) is 22.1. The number of rotatable bonds is 4. The van der Waals surface area contributed by atoms with Crippen molar-refractivity contribution < 1.29 is 9.90 Å². The van der Waals surface area contributed by atoms with E-state index in [2.05, 4.69) is 33.7 Å². The van der Waals surface area contributed by atoms with E-state index in [0.29, 0.717) is 19.5 Å². The third-order valence-corrected chi connectivity index (χ3v) is 8.61. The van der Waals surface area contributed by atoms with Gasteiger partial charge in [-0.15, -0.1) is 11.3 Å². The third-order valence-electron chi connectivity index (χ3n) is 7.30. The molecule has 2 aromatic rings. The second-order valence-electron chi connectivity index (χ2n) is 9.27. The predicted octanol–water partition coefficient (Wildman–Crippen LogP) is 3.26. The Labute approximate surface area is 198 Å². The van der Waals surface area contributed by atoms with Crippen LogP contribution in [0, 0.1) is 0 Å². The van der Waals surface area contributed by atoms with E-state index >= 15 is 0 Å². The minimum absolute atomic E-state index is 0.162. The molecule has 32 heavy (non-hydrogen) atoms. The number of thiophene rings is 1. The molecule has 4 atom stereocenters. The highest BCUT2D eigenvalue weighted by Crippen LogP contribution is 2.43. The van der Waals surface area contributed by atoms with Crippen LogP contribution in [-0.2, 0) is 4.79 Å². The largest absolute Gasteiger partial charge is 0.387 e. The van der Waals surface area contributed by atoms with Gasteiger partial charge in [-0.1, -0.05) is 18.5 Å². The molecular weight excluding hydrogens is 446 g/mol. The Kier molecular flexibility index (Phi) is 6.13. The molecule has 3 aliphatic rings. The van der Waals surface area contributed by atoms with E-state index in [1.807, 2.05) is 17.0 Å². The quantitative estimate of drug-likeness (QED) is 0.731. The van der Waals surface area contributed by atoms with Crippen LogP contribution in [0.1, 0.15) is 60.3 Å². The van der Waals surface area contributed by atoms with Gasteiger partial charge in [-0.25, -0.2) is 9.97 Å². The van der Waals surface area contributed by atoms with E-state index in [1.165, 1.54) is 11.3 Å². The number of piperazine rings is 1. The number of hydrogen-bond acceptors (Lipinski definition) is 7. The zero-order chi connectivity index (χ0) is 22.4. The molecule has 0 radical (unpaired) electrons. The van der Waals surface area contributed by atoms with Crippen LogP contribution < -0.4 is 4.90 Å². The van der Waals surface area contributed by atoms with Gasteiger partial charge in [-0.05, 0) is 50.9 Å². The molecule has 2 aromatic heterocycles. The van der Waals surface area contributed by atoms with E-state index in [9.17, 15) is 9.90 Å². The lowest BCUT2D eigenvalue weighted by molar-refractivity contribution is -0.134. The molecule has 0 unspecified atom stereocenters. The molecule has 1 amide bonds. The fourth-order valence-electron chi connectivity index (χ4n) is 5.62. The van der Waals surface area contributed by atoms with Crippen LogP contribution in [0.3, 0.4) is 0 Å². The van der Waals surface area contributed by atoms with Crippen LogP contribution in [0.2, 0.25) is 4.34 Å². The van der Waals surface area contributed by atoms with E-state index in [4.69, 9.17) is 11.6 Å². The van der Waals surface area contributed by atoms with E-state index in [0.717, 1.165) is 58.8 Å². The molecule has 1 N–H and O–H groups in total. The zero-order valence-corrected chi connectivity index (χ0v) is 20.1. The number of amides is 1. The molecular formula is C23H30ClN5O2S. The van der Waals surface area contributed by atoms with Crippen LogP contribution in [-0.4, -0.2) is 76.6 Å². The molecule has 2 aliphatic heterocycles. The van der Waals surface area contributed by atoms with Crippen molar-refractivity contribution >= 4 is 34.7 Å². The van der Waals surface area contributed by atoms with Crippen LogP contribution in [0.4, 0.5) is 5.82 Å². The van der Waals surface area contributed by atoms with Gasteiger partial charge in [0.05, 0.1) is 22.1 Å². The number of fused-ring (bicyclic) bond motifs is 1. The van der Waals surface area contributed by atoms with Gasteiger partial charge < -0.3 is 19.8 Å². The standard InChI is InChI=1S/C23H30ClN5O2S/c1-14-12-16(30)21-19(14)22(26-13-25-21)28-8-10-29(11-9-28)23(31)20(15-4-3-7-27(15)2)17-5-6-18(24)32-17/h5-6,13-16,20,30H,3-4,7-12H2,1-2H3/t14-,15+,16-,20-/m1/s1. The van der Waals surface area contributed by atoms with E-state index < -0.39 is 6.10 Å². The summed E-state index contributed by atoms with van der Waals surface area (Å²) in [4.78, 5) is 30.3. The number of anilines is 1. The SMILES string of the molecule is C[C@@H]1C[C@@H](O)c2ncnc(N3CCN(C(=O)[C@@H](c4ccc(Cl)s4)[C@@H]4CCCN4C)CC3)c21. The number of carbonyl (C=O) groups excluding carboxylic acids is 1. The van der Waals surface area contributed by atoms with Crippen molar-refractivity contribution in [3.05, 3.63) is 38.9 Å². The highest BCUT2D eigenvalue weighted by molar-refractivity contribution is 7.16. The predicted molar refractivity (Wildman–Crippen MR) is 127 cm³/mol. The Morgan fingerprint density at radius 3 is 2.66 bits per heavy atom. The summed E-state index contributed by atoms with van der Waals surface area (Å²) in [5.41, 5.74) is 1.83. The average molecular weight is 476 g/mol. The van der Waals surface area contributed by atoms with Gasteiger partial charge in [-0.2, -0.15) is 0 Å². The number of likely N-dealkylation sites (N-methyl/N-ethyl adjacent to an activating group) is 1. The highest BCUT2D eigenvalue weighted by Gasteiger charge is 2.40. The van der Waals surface area contributed by atoms with Gasteiger partial charge in [-0.3, -0.25) is 4.79 Å². The molecule has 172 valence electrons. The first-order chi connectivity index (χ1) is 15.4. The summed E-state index contributed by atoms with van der Waals surface area (Å²) in [6, 6.07) is 4.15. The lowest BCUT2D eigenvalue weighted by atomic mass is 9.94. The maximum atomic E-state index is 13.8. The van der Waals surface area contributed by atoms with Gasteiger partial charge in [0, 0.05) is 42.7 Å². The highest BCUT2D eigenvalue weighted by atomic mass is 35.5. The number of aliphatic hydroxyl groups is 1. The molecule has 0 spiro atoms. The maximum absolute atomic E-state index is 13.8. The summed E-state index contributed by atoms with van der Waals surface area (Å²) in [5, 5.41) is 10.3. The van der Waals surface area contributed by atoms with Crippen molar-refractivity contribution in [3.8, 4) is 0 Å². The number of nitrogens with zero attached hydrogens (tertiary/aromatic N) is 5. The van der Waals surface area contributed by atoms with Crippen LogP contribution in [0.15, 0.2) is 18.5 Å². The maximum Gasteiger partial charge on any atom is 0.232 e. The first-order valence-corrected chi connectivity index (χ1v) is 12.7. The normalized spacial score (nSPS) is 27.1. The summed E-state index contributed by atoms with van der Waals surface area (Å²) < 4.78 is 0.734. The summed E-state index contributed by atoms with van der Waals surface area (Å²) in [5.74, 6) is 1.20. The number of aliphatic hydroxyl groups excluding tert-OH is 1. The minimum atomic E-state index is -0.508. The summed E-state index contributed by atoms with van der Waals surface area (Å²) >= 11 is 7.77. The third kappa shape index (κ3) is 3.91. The van der Waals surface area contributed by atoms with Gasteiger partial charge >= 0.3 is 0 Å². The van der Waals surface area contributed by atoms with Crippen LogP contribution >= 0.6 is 22.9 Å². The smallest absolute Gasteiger partial charge is 0.232 e. The Bertz CT molecular complexity index is 993. The molecule has 4 heterocycles. The van der Waals surface area contributed by atoms with Crippen molar-refractivity contribution in [1.29, 1.82) is 0 Å². The van der Waals surface area contributed by atoms with Crippen molar-refractivity contribution in [2.24, 2.45) is 0 Å². The van der Waals surface area contributed by atoms with Crippen molar-refractivity contribution in [2.75, 3.05) is 44.7 Å². The fraction of sp³-hybridized carbons (Fsp3) is 0.609. The van der Waals surface area contributed by atoms with Gasteiger partial charge in [0.2, 0.25) is 5.91 Å². The molecule has 0 saturated carbocycles. The number of carbonyl (C=O) groups is 1. The Hall–Kier alpha value is -1.74. The van der Waals surface area contributed by atoms with Crippen molar-refractivity contribution in [2.45, 2.75) is 50.2 Å². The Morgan fingerprint density at radius 2 is 2.00 bits per heavy atom. The van der Waals surface area contributed by atoms with E-state index in [-0.39, 0.29) is 23.8 Å². The molecule has 7 nitrogen and oxygen atoms in total. The summed E-state index contributed by atoms with van der Waals surface area (Å²) in [6.45, 7) is 5.95. The summed E-state index contributed by atoms with van der Waals surface area (Å²) in [7, 11) is 2.12. The number of likely N-dealkylation sites (tertiary alicyclic amines) is 1. The number of halogens is 1. The first-order valence-electron chi connectivity index (χ1n) is 11.5. The number of aromatic nitrogens is 2. The molecule has 1 aliphatic carbocycles. The fourth-order valence-corrected chi connectivity index (χ4v) is 6.83. The lowest BCUT2D eigenvalue weighted by Crippen LogP contribution is -2.52. The minimum Gasteiger partial charge on any atom is -0.387 e. The molecule has 0 bridgehead atoms. The second-order valence-corrected chi connectivity index (χ2v) is 11.0. The molecule has 2 saturated heterocycles. The monoisotopic (exact) mass is 475 g/mol. The number of hydrogen-bond donors (Lipinski definition) is 1. The van der Waals surface area contributed by atoms with Crippen molar-refractivity contribution in [3.63, 3.8) is 0 Å². The topological polar surface area (TPSA) is 72.8 Å². The molecule has 0 aromatic carbocycles. The lowest BCUT2D eigenvalue weighted by Gasteiger charge is -2.39. The average Bonchev–Trinajstić information content (AvgIpc) is 3.49.